The molecular weight excluding hydrogens is 217 g/mol. The quantitative estimate of drug-likeness (QED) is 0.756. The molecular formula is C12H15F3O. The molecule has 0 saturated heterocycles. The highest BCUT2D eigenvalue weighted by Gasteiger charge is 2.31. The fourth-order valence-electron chi connectivity index (χ4n) is 1.31. The van der Waals surface area contributed by atoms with E-state index in [4.69, 9.17) is 0 Å². The van der Waals surface area contributed by atoms with Crippen LogP contribution in [0, 0.1) is 0 Å². The number of alkyl halides is 3. The minimum atomic E-state index is -4.62. The molecule has 0 saturated carbocycles. The largest absolute Gasteiger partial charge is 0.573 e. The Labute approximate surface area is 93.2 Å². The smallest absolute Gasteiger partial charge is 0.406 e. The highest BCUT2D eigenvalue weighted by atomic mass is 19.4. The summed E-state index contributed by atoms with van der Waals surface area (Å²) in [5.74, 6) is -0.178. The number of halogens is 3. The van der Waals surface area contributed by atoms with Crippen molar-refractivity contribution in [1.29, 1.82) is 0 Å². The normalized spacial score (nSPS) is 12.6. The number of hydrogen-bond acceptors (Lipinski definition) is 1. The first-order valence-electron chi connectivity index (χ1n) is 5.11. The van der Waals surface area contributed by atoms with Crippen LogP contribution in [0.3, 0.4) is 0 Å². The Morgan fingerprint density at radius 3 is 1.94 bits per heavy atom. The van der Waals surface area contributed by atoms with Crippen molar-refractivity contribution in [2.45, 2.75) is 39.0 Å². The SMILES string of the molecule is CCC(C)(C)c1ccc(OC(F)(F)F)cc1. The molecule has 0 aliphatic rings. The second kappa shape index (κ2) is 4.36. The van der Waals surface area contributed by atoms with Gasteiger partial charge in [-0.3, -0.25) is 0 Å². The lowest BCUT2D eigenvalue weighted by molar-refractivity contribution is -0.274. The zero-order valence-electron chi connectivity index (χ0n) is 9.56. The molecule has 0 spiro atoms. The zero-order valence-corrected chi connectivity index (χ0v) is 9.56. The second-order valence-corrected chi connectivity index (χ2v) is 4.31. The van der Waals surface area contributed by atoms with E-state index in [2.05, 4.69) is 4.74 Å². The maximum atomic E-state index is 11.9. The van der Waals surface area contributed by atoms with Gasteiger partial charge >= 0.3 is 6.36 Å². The molecule has 0 aromatic heterocycles. The van der Waals surface area contributed by atoms with Gasteiger partial charge in [-0.15, -0.1) is 13.2 Å². The summed E-state index contributed by atoms with van der Waals surface area (Å²) >= 11 is 0. The van der Waals surface area contributed by atoms with E-state index in [1.54, 1.807) is 12.1 Å². The molecule has 0 bridgehead atoms. The van der Waals surface area contributed by atoms with Crippen LogP contribution in [0.5, 0.6) is 5.75 Å². The first-order valence-corrected chi connectivity index (χ1v) is 5.11. The van der Waals surface area contributed by atoms with Crippen LogP contribution >= 0.6 is 0 Å². The Balaban J connectivity index is 2.84. The average molecular weight is 232 g/mol. The molecule has 4 heteroatoms. The molecule has 0 unspecified atom stereocenters. The number of rotatable bonds is 3. The summed E-state index contributed by atoms with van der Waals surface area (Å²) in [6.07, 6.45) is -3.70. The molecule has 0 heterocycles. The van der Waals surface area contributed by atoms with E-state index >= 15 is 0 Å². The predicted molar refractivity (Wildman–Crippen MR) is 56.4 cm³/mol. The van der Waals surface area contributed by atoms with E-state index in [-0.39, 0.29) is 11.2 Å². The summed E-state index contributed by atoms with van der Waals surface area (Å²) in [4.78, 5) is 0. The zero-order chi connectivity index (χ0) is 12.4. The maximum absolute atomic E-state index is 11.9. The van der Waals surface area contributed by atoms with Crippen molar-refractivity contribution in [2.24, 2.45) is 0 Å². The van der Waals surface area contributed by atoms with Crippen molar-refractivity contribution in [3.63, 3.8) is 0 Å². The lowest BCUT2D eigenvalue weighted by atomic mass is 9.82. The van der Waals surface area contributed by atoms with E-state index in [1.165, 1.54) is 12.1 Å². The van der Waals surface area contributed by atoms with Crippen LogP contribution in [0.25, 0.3) is 0 Å². The third-order valence-corrected chi connectivity index (χ3v) is 2.75. The number of hydrogen-bond donors (Lipinski definition) is 0. The van der Waals surface area contributed by atoms with Crippen LogP contribution in [0.4, 0.5) is 13.2 Å². The Kier molecular flexibility index (Phi) is 3.51. The van der Waals surface area contributed by atoms with E-state index in [0.29, 0.717) is 0 Å². The first kappa shape index (κ1) is 12.9. The molecule has 1 aromatic carbocycles. The molecule has 0 N–H and O–H groups in total. The van der Waals surface area contributed by atoms with Gasteiger partial charge in [0.2, 0.25) is 0 Å². The monoisotopic (exact) mass is 232 g/mol. The van der Waals surface area contributed by atoms with Gasteiger partial charge < -0.3 is 4.74 Å². The van der Waals surface area contributed by atoms with Crippen LogP contribution in [0.1, 0.15) is 32.8 Å². The summed E-state index contributed by atoms with van der Waals surface area (Å²) in [5.41, 5.74) is 0.973. The van der Waals surface area contributed by atoms with Gasteiger partial charge in [-0.05, 0) is 29.5 Å². The highest BCUT2D eigenvalue weighted by molar-refractivity contribution is 5.31. The van der Waals surface area contributed by atoms with Crippen molar-refractivity contribution in [3.8, 4) is 5.75 Å². The molecule has 0 radical (unpaired) electrons. The fraction of sp³-hybridized carbons (Fsp3) is 0.500. The molecule has 1 rings (SSSR count). The molecule has 1 nitrogen and oxygen atoms in total. The predicted octanol–water partition coefficient (Wildman–Crippen LogP) is 4.27. The van der Waals surface area contributed by atoms with Gasteiger partial charge in [-0.2, -0.15) is 0 Å². The fourth-order valence-corrected chi connectivity index (χ4v) is 1.31. The lowest BCUT2D eigenvalue weighted by Gasteiger charge is -2.23. The Bertz CT molecular complexity index is 338. The maximum Gasteiger partial charge on any atom is 0.573 e. The minimum absolute atomic E-state index is 0.0310. The molecule has 1 aromatic rings. The van der Waals surface area contributed by atoms with Crippen molar-refractivity contribution in [1.82, 2.24) is 0 Å². The molecule has 0 atom stereocenters. The average Bonchev–Trinajstić information content (AvgIpc) is 2.16. The third kappa shape index (κ3) is 3.43. The van der Waals surface area contributed by atoms with Crippen LogP contribution in [0.2, 0.25) is 0 Å². The second-order valence-electron chi connectivity index (χ2n) is 4.31. The van der Waals surface area contributed by atoms with E-state index < -0.39 is 6.36 Å². The van der Waals surface area contributed by atoms with Gasteiger partial charge in [0.1, 0.15) is 5.75 Å². The molecule has 0 fully saturated rings. The highest BCUT2D eigenvalue weighted by Crippen LogP contribution is 2.29. The van der Waals surface area contributed by atoms with E-state index in [1.807, 2.05) is 20.8 Å². The van der Waals surface area contributed by atoms with Gasteiger partial charge in [0.15, 0.2) is 0 Å². The summed E-state index contributed by atoms with van der Waals surface area (Å²) in [5, 5.41) is 0. The van der Waals surface area contributed by atoms with Crippen LogP contribution in [-0.4, -0.2) is 6.36 Å². The first-order chi connectivity index (χ1) is 7.24. The summed E-state index contributed by atoms with van der Waals surface area (Å²) < 4.78 is 39.6. The number of benzene rings is 1. The van der Waals surface area contributed by atoms with Crippen molar-refractivity contribution in [3.05, 3.63) is 29.8 Å². The van der Waals surface area contributed by atoms with Crippen LogP contribution in [0.15, 0.2) is 24.3 Å². The summed E-state index contributed by atoms with van der Waals surface area (Å²) in [6, 6.07) is 6.04. The topological polar surface area (TPSA) is 9.23 Å². The van der Waals surface area contributed by atoms with Gasteiger partial charge in [-0.1, -0.05) is 32.9 Å². The summed E-state index contributed by atoms with van der Waals surface area (Å²) in [7, 11) is 0. The Morgan fingerprint density at radius 2 is 1.56 bits per heavy atom. The molecule has 0 amide bonds. The molecule has 0 aliphatic heterocycles. The Hall–Kier alpha value is -1.19. The van der Waals surface area contributed by atoms with Crippen LogP contribution in [-0.2, 0) is 5.41 Å². The lowest BCUT2D eigenvalue weighted by Crippen LogP contribution is -2.18. The Morgan fingerprint density at radius 1 is 1.06 bits per heavy atom. The standard InChI is InChI=1S/C12H15F3O/c1-4-11(2,3)9-5-7-10(8-6-9)16-12(13,14)15/h5-8H,4H2,1-3H3. The van der Waals surface area contributed by atoms with Crippen molar-refractivity contribution >= 4 is 0 Å². The van der Waals surface area contributed by atoms with Crippen molar-refractivity contribution in [2.75, 3.05) is 0 Å². The molecule has 0 aliphatic carbocycles. The van der Waals surface area contributed by atoms with E-state index in [9.17, 15) is 13.2 Å². The third-order valence-electron chi connectivity index (χ3n) is 2.75. The van der Waals surface area contributed by atoms with Gasteiger partial charge in [-0.25, -0.2) is 0 Å². The van der Waals surface area contributed by atoms with Gasteiger partial charge in [0.25, 0.3) is 0 Å². The van der Waals surface area contributed by atoms with E-state index in [0.717, 1.165) is 12.0 Å². The van der Waals surface area contributed by atoms with Crippen molar-refractivity contribution < 1.29 is 17.9 Å². The molecule has 90 valence electrons. The summed E-state index contributed by atoms with van der Waals surface area (Å²) in [6.45, 7) is 6.14. The minimum Gasteiger partial charge on any atom is -0.406 e. The van der Waals surface area contributed by atoms with Gasteiger partial charge in [0.05, 0.1) is 0 Å². The molecule has 16 heavy (non-hydrogen) atoms. The number of ether oxygens (including phenoxy) is 1. The van der Waals surface area contributed by atoms with Crippen LogP contribution < -0.4 is 4.74 Å². The van der Waals surface area contributed by atoms with Gasteiger partial charge in [0, 0.05) is 0 Å².